The second-order valence-electron chi connectivity index (χ2n) is 6.91. The van der Waals surface area contributed by atoms with Crippen molar-refractivity contribution in [3.63, 3.8) is 0 Å². The molecule has 1 saturated carbocycles. The molecule has 7 nitrogen and oxygen atoms in total. The predicted molar refractivity (Wildman–Crippen MR) is 103 cm³/mol. The van der Waals surface area contributed by atoms with E-state index in [0.717, 1.165) is 0 Å². The molecule has 9 heteroatoms. The second-order valence-corrected chi connectivity index (χ2v) is 7.75. The highest BCUT2D eigenvalue weighted by molar-refractivity contribution is 6.34. The Labute approximate surface area is 172 Å². The third kappa shape index (κ3) is 4.10. The smallest absolute Gasteiger partial charge is 0.307 e. The molecule has 0 unspecified atom stereocenters. The van der Waals surface area contributed by atoms with E-state index in [4.69, 9.17) is 27.9 Å². The Morgan fingerprint density at radius 1 is 1.18 bits per heavy atom. The summed E-state index contributed by atoms with van der Waals surface area (Å²) in [6.07, 6.45) is 3.76. The third-order valence-corrected chi connectivity index (χ3v) is 5.73. The molecule has 0 aromatic heterocycles. The highest BCUT2D eigenvalue weighted by atomic mass is 35.5. The van der Waals surface area contributed by atoms with E-state index in [1.54, 1.807) is 19.1 Å². The number of rotatable bonds is 6. The molecule has 0 aliphatic heterocycles. The van der Waals surface area contributed by atoms with Crippen molar-refractivity contribution in [3.05, 3.63) is 40.4 Å². The Bertz CT molecular complexity index is 829. The van der Waals surface area contributed by atoms with Gasteiger partial charge in [0, 0.05) is 11.1 Å². The van der Waals surface area contributed by atoms with Crippen molar-refractivity contribution in [2.45, 2.75) is 25.9 Å². The molecule has 0 spiro atoms. The molecule has 3 rings (SSSR count). The molecule has 2 bridgehead atoms. The van der Waals surface area contributed by atoms with Gasteiger partial charge in [-0.3, -0.25) is 25.2 Å². The van der Waals surface area contributed by atoms with Gasteiger partial charge >= 0.3 is 5.97 Å². The highest BCUT2D eigenvalue weighted by Crippen LogP contribution is 2.48. The first kappa shape index (κ1) is 20.5. The Morgan fingerprint density at radius 3 is 2.50 bits per heavy atom. The van der Waals surface area contributed by atoms with Gasteiger partial charge in [-0.05, 0) is 36.8 Å². The van der Waals surface area contributed by atoms with Crippen LogP contribution in [0.3, 0.4) is 0 Å². The molecule has 0 saturated heterocycles. The predicted octanol–water partition coefficient (Wildman–Crippen LogP) is 2.82. The highest BCUT2D eigenvalue weighted by Gasteiger charge is 2.51. The monoisotopic (exact) mass is 426 g/mol. The average molecular weight is 427 g/mol. The topological polar surface area (TPSA) is 105 Å². The number of allylic oxidation sites excluding steroid dienone is 2. The van der Waals surface area contributed by atoms with Crippen LogP contribution in [0, 0.1) is 23.7 Å². The van der Waals surface area contributed by atoms with Crippen molar-refractivity contribution in [1.82, 2.24) is 10.9 Å². The summed E-state index contributed by atoms with van der Waals surface area (Å²) in [5, 5.41) is 10.1. The largest absolute Gasteiger partial charge is 0.481 e. The van der Waals surface area contributed by atoms with Crippen LogP contribution in [0.25, 0.3) is 0 Å². The summed E-state index contributed by atoms with van der Waals surface area (Å²) in [4.78, 5) is 36.4. The number of hydrogen-bond donors (Lipinski definition) is 3. The van der Waals surface area contributed by atoms with Gasteiger partial charge in [-0.1, -0.05) is 42.3 Å². The number of halogens is 2. The van der Waals surface area contributed by atoms with Crippen LogP contribution in [-0.2, 0) is 14.4 Å². The maximum Gasteiger partial charge on any atom is 0.307 e. The van der Waals surface area contributed by atoms with Crippen molar-refractivity contribution in [2.75, 3.05) is 0 Å². The van der Waals surface area contributed by atoms with Gasteiger partial charge in [0.15, 0.2) is 6.10 Å². The number of carboxylic acid groups (broad SMARTS) is 1. The minimum atomic E-state index is -1.01. The lowest BCUT2D eigenvalue weighted by Crippen LogP contribution is -2.51. The Morgan fingerprint density at radius 2 is 1.86 bits per heavy atom. The summed E-state index contributed by atoms with van der Waals surface area (Å²) in [6.45, 7) is 1.74. The number of nitrogens with one attached hydrogen (secondary N) is 2. The number of benzene rings is 1. The lowest BCUT2D eigenvalue weighted by Gasteiger charge is -2.24. The van der Waals surface area contributed by atoms with E-state index in [2.05, 4.69) is 10.9 Å². The van der Waals surface area contributed by atoms with Gasteiger partial charge in [0.2, 0.25) is 5.91 Å². The number of carbonyl (C=O) groups excluding carboxylic acids is 2. The maximum atomic E-state index is 12.5. The first-order valence-corrected chi connectivity index (χ1v) is 9.70. The van der Waals surface area contributed by atoms with Crippen molar-refractivity contribution in [3.8, 4) is 5.75 Å². The van der Waals surface area contributed by atoms with E-state index in [1.165, 1.54) is 6.07 Å². The molecule has 5 atom stereocenters. The van der Waals surface area contributed by atoms with E-state index in [1.807, 2.05) is 12.2 Å². The van der Waals surface area contributed by atoms with Gasteiger partial charge in [0.25, 0.3) is 5.91 Å². The zero-order chi connectivity index (χ0) is 20.4. The van der Waals surface area contributed by atoms with Gasteiger partial charge in [0.05, 0.1) is 16.9 Å². The molecule has 1 fully saturated rings. The lowest BCUT2D eigenvalue weighted by molar-refractivity contribution is -0.148. The van der Waals surface area contributed by atoms with E-state index in [-0.39, 0.29) is 17.6 Å². The van der Waals surface area contributed by atoms with Gasteiger partial charge in [0.1, 0.15) is 5.75 Å². The minimum Gasteiger partial charge on any atom is -0.481 e. The molecule has 2 amide bonds. The molecular weight excluding hydrogens is 407 g/mol. The molecule has 28 heavy (non-hydrogen) atoms. The molecule has 3 N–H and O–H groups in total. The van der Waals surface area contributed by atoms with Gasteiger partial charge in [-0.2, -0.15) is 0 Å². The van der Waals surface area contributed by atoms with E-state index >= 15 is 0 Å². The minimum absolute atomic E-state index is 0.133. The van der Waals surface area contributed by atoms with Crippen LogP contribution in [-0.4, -0.2) is 29.0 Å². The molecule has 0 radical (unpaired) electrons. The van der Waals surface area contributed by atoms with E-state index in [9.17, 15) is 19.5 Å². The number of fused-ring (bicyclic) bond motifs is 2. The maximum absolute atomic E-state index is 12.5. The normalized spacial score (nSPS) is 26.0. The average Bonchev–Trinajstić information content (AvgIpc) is 3.27. The third-order valence-electron chi connectivity index (χ3n) is 5.18. The number of carboxylic acids is 1. The van der Waals surface area contributed by atoms with Crippen LogP contribution < -0.4 is 15.6 Å². The summed E-state index contributed by atoms with van der Waals surface area (Å²) in [5.41, 5.74) is 4.67. The van der Waals surface area contributed by atoms with Crippen LogP contribution in [0.1, 0.15) is 19.8 Å². The van der Waals surface area contributed by atoms with Crippen LogP contribution >= 0.6 is 23.2 Å². The number of hydrogen-bond acceptors (Lipinski definition) is 4. The lowest BCUT2D eigenvalue weighted by atomic mass is 9.82. The van der Waals surface area contributed by atoms with Crippen molar-refractivity contribution in [2.24, 2.45) is 23.7 Å². The Balaban J connectivity index is 1.60. The Hall–Kier alpha value is -2.25. The molecule has 0 heterocycles. The standard InChI is InChI=1S/C19H20Cl2N2O5/c1-2-13(28-14-8-11(20)5-6-12(14)21)17(24)22-23-18(25)15-9-3-4-10(7-9)16(15)19(26)27/h3-6,8-10,13,15-16H,2,7H2,1H3,(H,22,24)(H,23,25)(H,26,27)/t9-,10-,13+,15-,16-/m0/s1. The van der Waals surface area contributed by atoms with Gasteiger partial charge in [-0.15, -0.1) is 0 Å². The quantitative estimate of drug-likeness (QED) is 0.479. The van der Waals surface area contributed by atoms with Crippen LogP contribution in [0.4, 0.5) is 0 Å². The number of hydrazine groups is 1. The van der Waals surface area contributed by atoms with Crippen molar-refractivity contribution in [1.29, 1.82) is 0 Å². The molecule has 150 valence electrons. The number of ether oxygens (including phenoxy) is 1. The van der Waals surface area contributed by atoms with Crippen molar-refractivity contribution < 1.29 is 24.2 Å². The van der Waals surface area contributed by atoms with Crippen LogP contribution in [0.15, 0.2) is 30.4 Å². The van der Waals surface area contributed by atoms with Crippen LogP contribution in [0.2, 0.25) is 10.0 Å². The van der Waals surface area contributed by atoms with Crippen molar-refractivity contribution >= 4 is 41.0 Å². The number of amides is 2. The summed E-state index contributed by atoms with van der Waals surface area (Å²) in [5.74, 6) is -3.62. The van der Waals surface area contributed by atoms with E-state index < -0.39 is 35.7 Å². The fraction of sp³-hybridized carbons (Fsp3) is 0.421. The van der Waals surface area contributed by atoms with Crippen LogP contribution in [0.5, 0.6) is 5.75 Å². The first-order valence-electron chi connectivity index (χ1n) is 8.94. The SMILES string of the molecule is CC[C@@H](Oc1cc(Cl)ccc1Cl)C(=O)NNC(=O)[C@@H]1[C@@H](C(=O)O)[C@H]2C=C[C@H]1C2. The molecular formula is C19H20Cl2N2O5. The Kier molecular flexibility index (Phi) is 6.15. The summed E-state index contributed by atoms with van der Waals surface area (Å²) < 4.78 is 5.62. The first-order chi connectivity index (χ1) is 13.3. The molecule has 2 aliphatic rings. The van der Waals surface area contributed by atoms with Gasteiger partial charge in [-0.25, -0.2) is 0 Å². The summed E-state index contributed by atoms with van der Waals surface area (Å²) >= 11 is 12.0. The molecule has 2 aliphatic carbocycles. The zero-order valence-electron chi connectivity index (χ0n) is 15.0. The molecule has 1 aromatic carbocycles. The summed E-state index contributed by atoms with van der Waals surface area (Å²) in [7, 11) is 0. The fourth-order valence-corrected chi connectivity index (χ4v) is 4.17. The molecule has 1 aromatic rings. The zero-order valence-corrected chi connectivity index (χ0v) is 16.5. The summed E-state index contributed by atoms with van der Waals surface area (Å²) in [6, 6.07) is 4.65. The van der Waals surface area contributed by atoms with Gasteiger partial charge < -0.3 is 9.84 Å². The fourth-order valence-electron chi connectivity index (χ4n) is 3.85. The number of carbonyl (C=O) groups is 3. The second kappa shape index (κ2) is 8.41. The van der Waals surface area contributed by atoms with E-state index in [0.29, 0.717) is 22.9 Å². The number of aliphatic carboxylic acids is 1.